The molecule has 10 aromatic rings. The average Bonchev–Trinajstić information content (AvgIpc) is 3.77. The molecule has 0 amide bonds. The molecule has 3 aromatic heterocycles. The fraction of sp³-hybridized carbons (Fsp3) is 0. The van der Waals surface area contributed by atoms with Crippen molar-refractivity contribution in [2.75, 3.05) is 0 Å². The molecule has 0 aliphatic carbocycles. The molecule has 0 saturated carbocycles. The van der Waals surface area contributed by atoms with E-state index in [9.17, 15) is 0 Å². The third kappa shape index (κ3) is 2.23. The zero-order chi connectivity index (χ0) is 25.2. The molecule has 39 heavy (non-hydrogen) atoms. The first-order valence-corrected chi connectivity index (χ1v) is 13.5. The van der Waals surface area contributed by atoms with Crippen LogP contribution in [-0.2, 0) is 0 Å². The Hall–Kier alpha value is -5.28. The Labute approximate surface area is 221 Å². The van der Waals surface area contributed by atoms with Crippen molar-refractivity contribution in [3.8, 4) is 0 Å². The number of hydrogen-bond donors (Lipinski definition) is 3. The summed E-state index contributed by atoms with van der Waals surface area (Å²) in [5.74, 6) is 0. The SMILES string of the molecule is c1ccc2c(c1)c1cc[nH]c1c1c2c2c3[nH]ccc3c3ccccc3c2c2c3[nH]ccc3c3ccccc3c12. The molecule has 180 valence electrons. The van der Waals surface area contributed by atoms with Crippen LogP contribution in [0.5, 0.6) is 0 Å². The second-order valence-electron chi connectivity index (χ2n) is 10.7. The van der Waals surface area contributed by atoms with Crippen LogP contribution >= 0.6 is 0 Å². The van der Waals surface area contributed by atoms with Crippen molar-refractivity contribution >= 4 is 97.3 Å². The summed E-state index contributed by atoms with van der Waals surface area (Å²) in [4.78, 5) is 11.0. The van der Waals surface area contributed by atoms with Crippen LogP contribution in [0.3, 0.4) is 0 Å². The van der Waals surface area contributed by atoms with Crippen molar-refractivity contribution in [2.45, 2.75) is 0 Å². The van der Waals surface area contributed by atoms with Gasteiger partial charge < -0.3 is 15.0 Å². The van der Waals surface area contributed by atoms with Gasteiger partial charge in [0.15, 0.2) is 0 Å². The number of fused-ring (bicyclic) bond motifs is 21. The van der Waals surface area contributed by atoms with Crippen LogP contribution in [0.2, 0.25) is 0 Å². The van der Waals surface area contributed by atoms with Crippen molar-refractivity contribution < 1.29 is 0 Å². The number of aromatic nitrogens is 3. The van der Waals surface area contributed by atoms with E-state index < -0.39 is 0 Å². The highest BCUT2D eigenvalue weighted by Gasteiger charge is 2.24. The number of rotatable bonds is 0. The molecule has 0 fully saturated rings. The Morgan fingerprint density at radius 3 is 0.846 bits per heavy atom. The molecule has 0 aliphatic heterocycles. The second-order valence-corrected chi connectivity index (χ2v) is 10.7. The van der Waals surface area contributed by atoms with Crippen molar-refractivity contribution in [3.63, 3.8) is 0 Å². The Morgan fingerprint density at radius 2 is 0.538 bits per heavy atom. The van der Waals surface area contributed by atoms with Gasteiger partial charge in [-0.25, -0.2) is 0 Å². The Morgan fingerprint density at radius 1 is 0.256 bits per heavy atom. The summed E-state index contributed by atoms with van der Waals surface area (Å²) in [7, 11) is 0. The minimum Gasteiger partial charge on any atom is -0.361 e. The molecular formula is C36H21N3. The van der Waals surface area contributed by atoms with Gasteiger partial charge in [0, 0.05) is 67.1 Å². The molecule has 0 radical (unpaired) electrons. The third-order valence-corrected chi connectivity index (χ3v) is 8.95. The quantitative estimate of drug-likeness (QED) is 0.175. The van der Waals surface area contributed by atoms with Gasteiger partial charge in [-0.05, 0) is 50.5 Å². The van der Waals surface area contributed by atoms with Crippen LogP contribution in [0.1, 0.15) is 0 Å². The molecule has 0 spiro atoms. The summed E-state index contributed by atoms with van der Waals surface area (Å²) < 4.78 is 0. The zero-order valence-electron chi connectivity index (χ0n) is 20.9. The van der Waals surface area contributed by atoms with Crippen LogP contribution in [0, 0.1) is 0 Å². The molecule has 7 aromatic carbocycles. The predicted molar refractivity (Wildman–Crippen MR) is 167 cm³/mol. The summed E-state index contributed by atoms with van der Waals surface area (Å²) in [6, 6.07) is 33.4. The maximum atomic E-state index is 3.68. The lowest BCUT2D eigenvalue weighted by atomic mass is 9.84. The van der Waals surface area contributed by atoms with E-state index in [1.54, 1.807) is 0 Å². The topological polar surface area (TPSA) is 47.4 Å². The monoisotopic (exact) mass is 495 g/mol. The maximum Gasteiger partial charge on any atom is 0.0546 e. The minimum absolute atomic E-state index is 1.19. The lowest BCUT2D eigenvalue weighted by Gasteiger charge is -2.19. The van der Waals surface area contributed by atoms with Crippen molar-refractivity contribution in [1.29, 1.82) is 0 Å². The largest absolute Gasteiger partial charge is 0.361 e. The Bertz CT molecular complexity index is 2340. The summed E-state index contributed by atoms with van der Waals surface area (Å²) >= 11 is 0. The lowest BCUT2D eigenvalue weighted by Crippen LogP contribution is -1.92. The maximum absolute atomic E-state index is 3.68. The minimum atomic E-state index is 1.19. The van der Waals surface area contributed by atoms with E-state index in [1.165, 1.54) is 97.3 Å². The molecule has 0 unspecified atom stereocenters. The Kier molecular flexibility index (Phi) is 3.44. The fourth-order valence-corrected chi connectivity index (χ4v) is 7.52. The number of H-pyrrole nitrogens is 3. The molecule has 3 N–H and O–H groups in total. The molecule has 3 nitrogen and oxygen atoms in total. The van der Waals surface area contributed by atoms with Crippen LogP contribution in [0.25, 0.3) is 97.3 Å². The average molecular weight is 496 g/mol. The first kappa shape index (κ1) is 19.8. The fourth-order valence-electron chi connectivity index (χ4n) is 7.52. The van der Waals surface area contributed by atoms with Gasteiger partial charge in [-0.3, -0.25) is 0 Å². The van der Waals surface area contributed by atoms with Crippen LogP contribution in [0.4, 0.5) is 0 Å². The molecule has 0 aliphatic rings. The molecule has 0 atom stereocenters. The highest BCUT2D eigenvalue weighted by atomic mass is 14.7. The zero-order valence-corrected chi connectivity index (χ0v) is 20.9. The van der Waals surface area contributed by atoms with Crippen molar-refractivity contribution in [1.82, 2.24) is 15.0 Å². The Balaban J connectivity index is 1.77. The molecule has 0 bridgehead atoms. The third-order valence-electron chi connectivity index (χ3n) is 8.95. The van der Waals surface area contributed by atoms with Gasteiger partial charge in [-0.2, -0.15) is 0 Å². The smallest absolute Gasteiger partial charge is 0.0546 e. The van der Waals surface area contributed by atoms with Gasteiger partial charge in [0.1, 0.15) is 0 Å². The predicted octanol–water partition coefficient (Wildman–Crippen LogP) is 10.0. The first-order chi connectivity index (χ1) is 19.4. The van der Waals surface area contributed by atoms with E-state index in [2.05, 4.69) is 125 Å². The van der Waals surface area contributed by atoms with Crippen LogP contribution in [-0.4, -0.2) is 15.0 Å². The summed E-state index contributed by atoms with van der Waals surface area (Å²) in [6.45, 7) is 0. The molecule has 0 saturated heterocycles. The van der Waals surface area contributed by atoms with Crippen molar-refractivity contribution in [2.24, 2.45) is 0 Å². The van der Waals surface area contributed by atoms with Gasteiger partial charge in [0.25, 0.3) is 0 Å². The highest BCUT2D eigenvalue weighted by Crippen LogP contribution is 2.51. The number of nitrogens with one attached hydrogen (secondary N) is 3. The summed E-state index contributed by atoms with van der Waals surface area (Å²) in [5, 5.41) is 19.2. The van der Waals surface area contributed by atoms with Gasteiger partial charge >= 0.3 is 0 Å². The standard InChI is InChI=1S/C36H21N3/c1-4-10-22-19(7-1)25-13-16-37-34(25)31-28(22)32-30(24-12-6-3-9-21(24)26-14-17-38-35(26)32)33-29(31)23-11-5-2-8-20(23)27-15-18-39-36(27)33/h1-18,37-39H. The van der Waals surface area contributed by atoms with E-state index >= 15 is 0 Å². The number of hydrogen-bond acceptors (Lipinski definition) is 0. The normalized spacial score (nSPS) is 12.6. The number of benzene rings is 7. The molecule has 10 rings (SSSR count). The second kappa shape index (κ2) is 6.77. The van der Waals surface area contributed by atoms with Gasteiger partial charge in [0.05, 0.1) is 16.6 Å². The number of aromatic amines is 3. The summed E-state index contributed by atoms with van der Waals surface area (Å²) in [6.07, 6.45) is 6.27. The lowest BCUT2D eigenvalue weighted by molar-refractivity contribution is 1.49. The van der Waals surface area contributed by atoms with Gasteiger partial charge in [-0.1, -0.05) is 72.8 Å². The first-order valence-electron chi connectivity index (χ1n) is 13.5. The summed E-state index contributed by atoms with van der Waals surface area (Å²) in [5.41, 5.74) is 3.58. The highest BCUT2D eigenvalue weighted by molar-refractivity contribution is 6.50. The van der Waals surface area contributed by atoms with Crippen molar-refractivity contribution in [3.05, 3.63) is 110 Å². The van der Waals surface area contributed by atoms with E-state index in [-0.39, 0.29) is 0 Å². The van der Waals surface area contributed by atoms with E-state index in [4.69, 9.17) is 0 Å². The van der Waals surface area contributed by atoms with E-state index in [0.29, 0.717) is 0 Å². The molecule has 3 heteroatoms. The van der Waals surface area contributed by atoms with Crippen LogP contribution in [0.15, 0.2) is 110 Å². The van der Waals surface area contributed by atoms with Gasteiger partial charge in [0.2, 0.25) is 0 Å². The molecule has 3 heterocycles. The van der Waals surface area contributed by atoms with Gasteiger partial charge in [-0.15, -0.1) is 0 Å². The van der Waals surface area contributed by atoms with E-state index in [0.717, 1.165) is 0 Å². The van der Waals surface area contributed by atoms with Crippen LogP contribution < -0.4 is 0 Å². The molecular weight excluding hydrogens is 474 g/mol. The van der Waals surface area contributed by atoms with E-state index in [1.807, 2.05) is 0 Å².